The second-order valence-corrected chi connectivity index (χ2v) is 2.19. The van der Waals surface area contributed by atoms with Crippen LogP contribution in [0.1, 0.15) is 0 Å². The van der Waals surface area contributed by atoms with E-state index in [0.29, 0.717) is 16.5 Å². The second kappa shape index (κ2) is 2.09. The molecule has 0 fully saturated rings. The molecule has 0 unspecified atom stereocenters. The number of hydrogen-bond acceptors (Lipinski definition) is 4. The SMILES string of the molecule is [O]N1Nc2ccccc2N1O. The summed E-state index contributed by atoms with van der Waals surface area (Å²) in [6.45, 7) is 0. The molecule has 57 valence electrons. The molecule has 0 saturated carbocycles. The quantitative estimate of drug-likeness (QED) is 0.576. The summed E-state index contributed by atoms with van der Waals surface area (Å²) >= 11 is 0. The van der Waals surface area contributed by atoms with Crippen LogP contribution in [0.25, 0.3) is 0 Å². The molecule has 0 amide bonds. The first-order valence-electron chi connectivity index (χ1n) is 3.11. The molecule has 1 aliphatic rings. The topological polar surface area (TPSA) is 58.6 Å². The number of fused-ring (bicyclic) bond motifs is 1. The lowest BCUT2D eigenvalue weighted by molar-refractivity contribution is -0.189. The van der Waals surface area contributed by atoms with E-state index < -0.39 is 0 Å². The third kappa shape index (κ3) is 0.829. The molecule has 1 radical (unpaired) electrons. The van der Waals surface area contributed by atoms with E-state index in [2.05, 4.69) is 5.43 Å². The minimum absolute atomic E-state index is 0.255. The van der Waals surface area contributed by atoms with E-state index in [0.717, 1.165) is 0 Å². The van der Waals surface area contributed by atoms with Gasteiger partial charge in [-0.25, -0.2) is 0 Å². The highest BCUT2D eigenvalue weighted by Crippen LogP contribution is 2.30. The smallest absolute Gasteiger partial charge is 0.111 e. The van der Waals surface area contributed by atoms with Crippen LogP contribution in [0.5, 0.6) is 0 Å². The molecule has 11 heavy (non-hydrogen) atoms. The summed E-state index contributed by atoms with van der Waals surface area (Å²) < 4.78 is 0. The van der Waals surface area contributed by atoms with Crippen LogP contribution in [0.15, 0.2) is 24.3 Å². The molecule has 0 aromatic heterocycles. The van der Waals surface area contributed by atoms with Crippen molar-refractivity contribution in [3.8, 4) is 0 Å². The maximum Gasteiger partial charge on any atom is 0.111 e. The number of hydrogen-bond donors (Lipinski definition) is 2. The van der Waals surface area contributed by atoms with E-state index in [1.54, 1.807) is 24.3 Å². The molecule has 0 saturated heterocycles. The van der Waals surface area contributed by atoms with E-state index in [4.69, 9.17) is 5.21 Å². The van der Waals surface area contributed by atoms with Crippen molar-refractivity contribution in [1.82, 2.24) is 5.28 Å². The van der Waals surface area contributed by atoms with Crippen LogP contribution >= 0.6 is 0 Å². The zero-order valence-electron chi connectivity index (χ0n) is 5.56. The summed E-state index contributed by atoms with van der Waals surface area (Å²) in [6, 6.07) is 6.86. The maximum absolute atomic E-state index is 10.7. The molecule has 1 aromatic rings. The third-order valence-corrected chi connectivity index (χ3v) is 1.51. The van der Waals surface area contributed by atoms with Gasteiger partial charge in [0.25, 0.3) is 0 Å². The van der Waals surface area contributed by atoms with Crippen LogP contribution in [0, 0.1) is 0 Å². The Labute approximate surface area is 62.9 Å². The minimum atomic E-state index is 0.255. The molecule has 5 nitrogen and oxygen atoms in total. The first-order chi connectivity index (χ1) is 5.29. The predicted molar refractivity (Wildman–Crippen MR) is 36.9 cm³/mol. The maximum atomic E-state index is 10.7. The first kappa shape index (κ1) is 6.41. The standard InChI is InChI=1S/C6H6N3O2/c10-8-6-4-2-1-3-5(6)7-9(8)11/h1-4,7,10H. The number of para-hydroxylation sites is 2. The van der Waals surface area contributed by atoms with Crippen LogP contribution in [0.4, 0.5) is 11.4 Å². The van der Waals surface area contributed by atoms with Crippen molar-refractivity contribution in [3.05, 3.63) is 24.3 Å². The number of anilines is 2. The highest BCUT2D eigenvalue weighted by molar-refractivity contribution is 5.70. The number of rotatable bonds is 0. The Balaban J connectivity index is 2.47. The van der Waals surface area contributed by atoms with Crippen molar-refractivity contribution in [2.24, 2.45) is 0 Å². The van der Waals surface area contributed by atoms with Crippen molar-refractivity contribution in [3.63, 3.8) is 0 Å². The highest BCUT2D eigenvalue weighted by Gasteiger charge is 2.24. The summed E-state index contributed by atoms with van der Waals surface area (Å²) in [7, 11) is 0. The molecule has 0 spiro atoms. The number of benzene rings is 1. The Bertz CT molecular complexity index is 278. The van der Waals surface area contributed by atoms with Gasteiger partial charge in [-0.05, 0) is 12.1 Å². The lowest BCUT2D eigenvalue weighted by Gasteiger charge is -2.11. The van der Waals surface area contributed by atoms with Crippen LogP contribution in [-0.4, -0.2) is 10.5 Å². The number of hydrazine groups is 2. The highest BCUT2D eigenvalue weighted by atomic mass is 16.7. The summed E-state index contributed by atoms with van der Waals surface area (Å²) in [5.74, 6) is 0. The average Bonchev–Trinajstić information content (AvgIpc) is 2.30. The van der Waals surface area contributed by atoms with Gasteiger partial charge in [-0.15, -0.1) is 5.17 Å². The van der Waals surface area contributed by atoms with E-state index in [9.17, 15) is 5.21 Å². The van der Waals surface area contributed by atoms with E-state index in [1.807, 2.05) is 0 Å². The fraction of sp³-hybridized carbons (Fsp3) is 0. The van der Waals surface area contributed by atoms with Gasteiger partial charge >= 0.3 is 0 Å². The normalized spacial score (nSPS) is 16.4. The van der Waals surface area contributed by atoms with Gasteiger partial charge in [0.1, 0.15) is 5.69 Å². The van der Waals surface area contributed by atoms with Gasteiger partial charge in [0.05, 0.1) is 11.0 Å². The Morgan fingerprint density at radius 1 is 1.36 bits per heavy atom. The molecular formula is C6H6N3O2. The molecule has 0 aliphatic carbocycles. The number of nitrogens with one attached hydrogen (secondary N) is 1. The molecule has 1 aliphatic heterocycles. The predicted octanol–water partition coefficient (Wildman–Crippen LogP) is 0.785. The van der Waals surface area contributed by atoms with Gasteiger partial charge in [0.15, 0.2) is 0 Å². The Kier molecular flexibility index (Phi) is 1.22. The van der Waals surface area contributed by atoms with Crippen LogP contribution in [0.2, 0.25) is 0 Å². The Morgan fingerprint density at radius 3 is 2.82 bits per heavy atom. The molecule has 1 heterocycles. The van der Waals surface area contributed by atoms with Gasteiger partial charge in [-0.2, -0.15) is 0 Å². The summed E-state index contributed by atoms with van der Waals surface area (Å²) in [5.41, 5.74) is 3.46. The third-order valence-electron chi connectivity index (χ3n) is 1.51. The molecular weight excluding hydrogens is 146 g/mol. The van der Waals surface area contributed by atoms with Crippen molar-refractivity contribution in [2.45, 2.75) is 0 Å². The van der Waals surface area contributed by atoms with Gasteiger partial charge in [0, 0.05) is 0 Å². The van der Waals surface area contributed by atoms with Crippen LogP contribution in [0.3, 0.4) is 0 Å². The lowest BCUT2D eigenvalue weighted by Crippen LogP contribution is -2.34. The van der Waals surface area contributed by atoms with Gasteiger partial charge < -0.3 is 0 Å². The summed E-state index contributed by atoms with van der Waals surface area (Å²) in [4.78, 5) is 0. The summed E-state index contributed by atoms with van der Waals surface area (Å²) in [5, 5.41) is 20.5. The fourth-order valence-electron chi connectivity index (χ4n) is 0.991. The second-order valence-electron chi connectivity index (χ2n) is 2.19. The molecule has 5 heteroatoms. The Morgan fingerprint density at radius 2 is 2.09 bits per heavy atom. The van der Waals surface area contributed by atoms with E-state index in [1.165, 1.54) is 0 Å². The van der Waals surface area contributed by atoms with Crippen molar-refractivity contribution in [1.29, 1.82) is 0 Å². The molecule has 0 bridgehead atoms. The Hall–Kier alpha value is -1.30. The van der Waals surface area contributed by atoms with Gasteiger partial charge in [0.2, 0.25) is 0 Å². The monoisotopic (exact) mass is 152 g/mol. The van der Waals surface area contributed by atoms with Gasteiger partial charge in [-0.3, -0.25) is 10.6 Å². The zero-order valence-corrected chi connectivity index (χ0v) is 5.56. The molecule has 1 aromatic carbocycles. The van der Waals surface area contributed by atoms with Crippen molar-refractivity contribution in [2.75, 3.05) is 10.6 Å². The van der Waals surface area contributed by atoms with Gasteiger partial charge in [-0.1, -0.05) is 17.3 Å². The lowest BCUT2D eigenvalue weighted by atomic mass is 10.3. The molecule has 2 N–H and O–H groups in total. The summed E-state index contributed by atoms with van der Waals surface area (Å²) in [6.07, 6.45) is 0. The zero-order chi connectivity index (χ0) is 7.84. The molecule has 2 rings (SSSR count). The van der Waals surface area contributed by atoms with Crippen LogP contribution in [-0.2, 0) is 5.21 Å². The van der Waals surface area contributed by atoms with Crippen molar-refractivity contribution < 1.29 is 10.4 Å². The first-order valence-corrected chi connectivity index (χ1v) is 3.11. The minimum Gasteiger partial charge on any atom is -0.271 e. The molecule has 0 atom stereocenters. The van der Waals surface area contributed by atoms with Crippen LogP contribution < -0.4 is 10.6 Å². The van der Waals surface area contributed by atoms with E-state index >= 15 is 0 Å². The number of nitrogens with zero attached hydrogens (tertiary/aromatic N) is 2. The largest absolute Gasteiger partial charge is 0.271 e. The average molecular weight is 152 g/mol. The van der Waals surface area contributed by atoms with Crippen molar-refractivity contribution >= 4 is 11.4 Å². The fourth-order valence-corrected chi connectivity index (χ4v) is 0.991. The van der Waals surface area contributed by atoms with E-state index in [-0.39, 0.29) is 5.28 Å².